The molecule has 0 unspecified atom stereocenters. The largest absolute Gasteiger partial charge is 0.494 e. The zero-order chi connectivity index (χ0) is 17.3. The van der Waals surface area contributed by atoms with Gasteiger partial charge in [0.1, 0.15) is 0 Å². The Morgan fingerprint density at radius 2 is 1.67 bits per heavy atom. The second-order valence-electron chi connectivity index (χ2n) is 5.85. The summed E-state index contributed by atoms with van der Waals surface area (Å²) in [6, 6.07) is 14.7. The van der Waals surface area contributed by atoms with Crippen LogP contribution in [-0.4, -0.2) is 35.0 Å². The molecule has 0 spiro atoms. The van der Waals surface area contributed by atoms with E-state index in [1.54, 1.807) is 31.4 Å². The number of aryl methyl sites for hydroxylation is 1. The first-order valence-electron chi connectivity index (χ1n) is 7.64. The van der Waals surface area contributed by atoms with Crippen molar-refractivity contribution in [3.8, 4) is 11.6 Å². The predicted molar refractivity (Wildman–Crippen MR) is 97.2 cm³/mol. The molecule has 3 aromatic rings. The van der Waals surface area contributed by atoms with E-state index in [1.165, 1.54) is 4.57 Å². The highest BCUT2D eigenvalue weighted by atomic mass is 16.3. The van der Waals surface area contributed by atoms with Gasteiger partial charge in [-0.1, -0.05) is 35.9 Å². The van der Waals surface area contributed by atoms with Crippen LogP contribution < -0.4 is 5.56 Å². The maximum absolute atomic E-state index is 12.9. The van der Waals surface area contributed by atoms with Crippen molar-refractivity contribution in [2.24, 2.45) is 5.10 Å². The van der Waals surface area contributed by atoms with Crippen molar-refractivity contribution >= 4 is 17.0 Å². The molecule has 0 amide bonds. The lowest BCUT2D eigenvalue weighted by molar-refractivity contribution is 0.431. The van der Waals surface area contributed by atoms with Crippen LogP contribution in [0.5, 0.6) is 5.88 Å². The van der Waals surface area contributed by atoms with E-state index in [2.05, 4.69) is 5.10 Å². The molecular formula is C19H19N3O2. The number of fused-ring (bicyclic) bond motifs is 1. The van der Waals surface area contributed by atoms with Gasteiger partial charge in [-0.3, -0.25) is 4.79 Å². The topological polar surface area (TPSA) is 57.8 Å². The number of benzene rings is 2. The summed E-state index contributed by atoms with van der Waals surface area (Å²) < 4.78 is 1.32. The molecule has 0 saturated heterocycles. The Bertz CT molecular complexity index is 970. The third kappa shape index (κ3) is 2.76. The lowest BCUT2D eigenvalue weighted by Gasteiger charge is -2.14. The Morgan fingerprint density at radius 3 is 2.29 bits per heavy atom. The van der Waals surface area contributed by atoms with Crippen molar-refractivity contribution < 1.29 is 5.11 Å². The molecule has 2 aromatic carbocycles. The van der Waals surface area contributed by atoms with E-state index >= 15 is 0 Å². The monoisotopic (exact) mass is 321 g/mol. The van der Waals surface area contributed by atoms with Crippen molar-refractivity contribution in [2.75, 3.05) is 14.1 Å². The molecule has 1 aromatic heterocycles. The summed E-state index contributed by atoms with van der Waals surface area (Å²) >= 11 is 0. The lowest BCUT2D eigenvalue weighted by atomic mass is 10.1. The molecule has 0 atom stereocenters. The third-order valence-corrected chi connectivity index (χ3v) is 3.81. The number of aromatic hydroxyl groups is 1. The SMILES string of the molecule is Cc1ccc(-n2c(O)c(/C=N/N(C)C)c3ccccc3c2=O)cc1. The van der Waals surface area contributed by atoms with E-state index in [0.29, 0.717) is 22.0 Å². The summed E-state index contributed by atoms with van der Waals surface area (Å²) in [6.07, 6.45) is 1.57. The Kier molecular flexibility index (Phi) is 4.08. The van der Waals surface area contributed by atoms with E-state index in [1.807, 2.05) is 49.4 Å². The predicted octanol–water partition coefficient (Wildman–Crippen LogP) is 2.90. The quantitative estimate of drug-likeness (QED) is 0.596. The molecule has 122 valence electrons. The van der Waals surface area contributed by atoms with Crippen LogP contribution in [0.15, 0.2) is 58.4 Å². The normalized spacial score (nSPS) is 11.3. The Balaban J connectivity index is 2.38. The number of aromatic nitrogens is 1. The van der Waals surface area contributed by atoms with Crippen LogP contribution in [-0.2, 0) is 0 Å². The Labute approximate surface area is 140 Å². The van der Waals surface area contributed by atoms with Gasteiger partial charge in [-0.05, 0) is 25.1 Å². The molecule has 1 N–H and O–H groups in total. The van der Waals surface area contributed by atoms with E-state index in [9.17, 15) is 9.90 Å². The van der Waals surface area contributed by atoms with Crippen LogP contribution in [0.3, 0.4) is 0 Å². The molecule has 0 aliphatic carbocycles. The minimum Gasteiger partial charge on any atom is -0.494 e. The van der Waals surface area contributed by atoms with Crippen molar-refractivity contribution in [1.29, 1.82) is 0 Å². The highest BCUT2D eigenvalue weighted by Crippen LogP contribution is 2.25. The molecule has 3 rings (SSSR count). The van der Waals surface area contributed by atoms with Gasteiger partial charge in [-0.25, -0.2) is 4.57 Å². The summed E-state index contributed by atoms with van der Waals surface area (Å²) in [4.78, 5) is 12.9. The highest BCUT2D eigenvalue weighted by Gasteiger charge is 2.16. The minimum atomic E-state index is -0.256. The first kappa shape index (κ1) is 15.8. The van der Waals surface area contributed by atoms with E-state index in [0.717, 1.165) is 5.56 Å². The van der Waals surface area contributed by atoms with Crippen molar-refractivity contribution in [1.82, 2.24) is 9.58 Å². The van der Waals surface area contributed by atoms with Gasteiger partial charge in [0, 0.05) is 24.9 Å². The summed E-state index contributed by atoms with van der Waals surface area (Å²) in [5.41, 5.74) is 1.96. The number of nitrogens with zero attached hydrogens (tertiary/aromatic N) is 3. The molecule has 5 nitrogen and oxygen atoms in total. The van der Waals surface area contributed by atoms with Gasteiger partial charge in [-0.15, -0.1) is 0 Å². The average molecular weight is 321 g/mol. The number of pyridine rings is 1. The Hall–Kier alpha value is -3.08. The zero-order valence-electron chi connectivity index (χ0n) is 13.9. The van der Waals surface area contributed by atoms with E-state index < -0.39 is 0 Å². The standard InChI is InChI=1S/C19H19N3O2/c1-13-8-10-14(11-9-13)22-18(23)16-7-5-4-6-15(16)17(19(22)24)12-20-21(2)3/h4-12,24H,1-3H3/b20-12+. The van der Waals surface area contributed by atoms with Gasteiger partial charge < -0.3 is 10.1 Å². The minimum absolute atomic E-state index is 0.117. The molecule has 0 radical (unpaired) electrons. The molecule has 0 aliphatic rings. The zero-order valence-corrected chi connectivity index (χ0v) is 13.9. The molecule has 1 heterocycles. The summed E-state index contributed by atoms with van der Waals surface area (Å²) in [5, 5.41) is 17.8. The van der Waals surface area contributed by atoms with Crippen molar-refractivity contribution in [3.63, 3.8) is 0 Å². The van der Waals surface area contributed by atoms with E-state index in [4.69, 9.17) is 0 Å². The van der Waals surface area contributed by atoms with Crippen molar-refractivity contribution in [3.05, 3.63) is 70.0 Å². The van der Waals surface area contributed by atoms with Crippen LogP contribution in [0, 0.1) is 6.92 Å². The maximum Gasteiger partial charge on any atom is 0.265 e. The van der Waals surface area contributed by atoms with Gasteiger partial charge >= 0.3 is 0 Å². The molecule has 24 heavy (non-hydrogen) atoms. The fourth-order valence-corrected chi connectivity index (χ4v) is 2.60. The smallest absolute Gasteiger partial charge is 0.265 e. The first-order valence-corrected chi connectivity index (χ1v) is 7.64. The van der Waals surface area contributed by atoms with E-state index in [-0.39, 0.29) is 11.4 Å². The Morgan fingerprint density at radius 1 is 1.04 bits per heavy atom. The van der Waals surface area contributed by atoms with Crippen LogP contribution in [0.4, 0.5) is 0 Å². The second-order valence-corrected chi connectivity index (χ2v) is 5.85. The van der Waals surface area contributed by atoms with Crippen LogP contribution in [0.25, 0.3) is 16.5 Å². The average Bonchev–Trinajstić information content (AvgIpc) is 2.56. The van der Waals surface area contributed by atoms with Crippen LogP contribution in [0.1, 0.15) is 11.1 Å². The number of hydrogen-bond donors (Lipinski definition) is 1. The van der Waals surface area contributed by atoms with Crippen molar-refractivity contribution in [2.45, 2.75) is 6.92 Å². The number of rotatable bonds is 3. The second kappa shape index (κ2) is 6.20. The lowest BCUT2D eigenvalue weighted by Crippen LogP contribution is -2.20. The highest BCUT2D eigenvalue weighted by molar-refractivity contribution is 6.01. The summed E-state index contributed by atoms with van der Waals surface area (Å²) in [6.45, 7) is 1.97. The molecule has 0 saturated carbocycles. The maximum atomic E-state index is 12.9. The van der Waals surface area contributed by atoms with Crippen LogP contribution >= 0.6 is 0 Å². The van der Waals surface area contributed by atoms with Gasteiger partial charge in [0.15, 0.2) is 0 Å². The third-order valence-electron chi connectivity index (χ3n) is 3.81. The molecule has 0 aliphatic heterocycles. The summed E-state index contributed by atoms with van der Waals surface area (Å²) in [7, 11) is 3.59. The number of hydrogen-bond acceptors (Lipinski definition) is 4. The molecule has 5 heteroatoms. The first-order chi connectivity index (χ1) is 11.5. The van der Waals surface area contributed by atoms with Crippen LogP contribution in [0.2, 0.25) is 0 Å². The summed E-state index contributed by atoms with van der Waals surface area (Å²) in [5.74, 6) is -0.117. The molecule has 0 fully saturated rings. The van der Waals surface area contributed by atoms with Gasteiger partial charge in [0.25, 0.3) is 5.56 Å². The fourth-order valence-electron chi connectivity index (χ4n) is 2.60. The molecule has 0 bridgehead atoms. The van der Waals surface area contributed by atoms with Gasteiger partial charge in [0.05, 0.1) is 17.5 Å². The van der Waals surface area contributed by atoms with Gasteiger partial charge in [-0.2, -0.15) is 5.10 Å². The molecular weight excluding hydrogens is 302 g/mol. The van der Waals surface area contributed by atoms with Gasteiger partial charge in [0.2, 0.25) is 5.88 Å². The number of hydrazone groups is 1. The fraction of sp³-hybridized carbons (Fsp3) is 0.158.